The SMILES string of the molecule is C/C=C(\S/C(=C\C)c1ccc(-c2ccc(C)s2)s1)c1ccc(N(c2ccccc2)c2ccccc2)cc1. The lowest BCUT2D eigenvalue weighted by molar-refractivity contribution is 1.28. The fourth-order valence-electron chi connectivity index (χ4n) is 4.20. The van der Waals surface area contributed by atoms with E-state index in [-0.39, 0.29) is 0 Å². The Bertz CT molecular complexity index is 1470. The Morgan fingerprint density at radius 2 is 1.14 bits per heavy atom. The molecular weight excluding hydrogens is 507 g/mol. The van der Waals surface area contributed by atoms with Gasteiger partial charge in [-0.05, 0) is 87.0 Å². The summed E-state index contributed by atoms with van der Waals surface area (Å²) < 4.78 is 0. The van der Waals surface area contributed by atoms with Gasteiger partial charge in [0, 0.05) is 46.4 Å². The molecule has 184 valence electrons. The van der Waals surface area contributed by atoms with Gasteiger partial charge in [0.15, 0.2) is 0 Å². The molecule has 5 rings (SSSR count). The maximum Gasteiger partial charge on any atom is 0.0462 e. The van der Waals surface area contributed by atoms with Crippen molar-refractivity contribution < 1.29 is 0 Å². The molecule has 0 amide bonds. The summed E-state index contributed by atoms with van der Waals surface area (Å²) in [6, 6.07) is 38.9. The second-order valence-corrected chi connectivity index (χ2v) is 12.0. The van der Waals surface area contributed by atoms with E-state index in [0.717, 1.165) is 17.1 Å². The molecule has 2 aromatic heterocycles. The van der Waals surface area contributed by atoms with Crippen LogP contribution < -0.4 is 4.90 Å². The third-order valence-corrected chi connectivity index (χ3v) is 9.83. The number of para-hydroxylation sites is 2. The summed E-state index contributed by atoms with van der Waals surface area (Å²) in [4.78, 5) is 10.2. The molecule has 0 bridgehead atoms. The number of anilines is 3. The first-order valence-electron chi connectivity index (χ1n) is 12.3. The third kappa shape index (κ3) is 5.83. The van der Waals surface area contributed by atoms with Crippen LogP contribution in [0, 0.1) is 6.92 Å². The Kier molecular flexibility index (Phi) is 8.10. The maximum atomic E-state index is 2.29. The molecule has 0 N–H and O–H groups in total. The van der Waals surface area contributed by atoms with Crippen LogP contribution >= 0.6 is 34.4 Å². The number of thioether (sulfide) groups is 1. The van der Waals surface area contributed by atoms with Gasteiger partial charge in [0.25, 0.3) is 0 Å². The van der Waals surface area contributed by atoms with Crippen LogP contribution in [0.25, 0.3) is 19.6 Å². The van der Waals surface area contributed by atoms with Gasteiger partial charge in [-0.15, -0.1) is 22.7 Å². The minimum atomic E-state index is 1.14. The highest BCUT2D eigenvalue weighted by atomic mass is 32.2. The fourth-order valence-corrected chi connectivity index (χ4v) is 7.28. The van der Waals surface area contributed by atoms with Crippen LogP contribution in [0.5, 0.6) is 0 Å². The van der Waals surface area contributed by atoms with Crippen molar-refractivity contribution in [2.45, 2.75) is 20.8 Å². The zero-order valence-corrected chi connectivity index (χ0v) is 23.7. The van der Waals surface area contributed by atoms with Gasteiger partial charge in [-0.1, -0.05) is 72.4 Å². The summed E-state index contributed by atoms with van der Waals surface area (Å²) in [6.45, 7) is 6.42. The molecule has 0 radical (unpaired) electrons. The Balaban J connectivity index is 1.39. The van der Waals surface area contributed by atoms with Crippen molar-refractivity contribution >= 4 is 61.3 Å². The number of nitrogens with zero attached hydrogens (tertiary/aromatic N) is 1. The van der Waals surface area contributed by atoms with Gasteiger partial charge in [0.05, 0.1) is 0 Å². The van der Waals surface area contributed by atoms with Crippen molar-refractivity contribution in [2.24, 2.45) is 0 Å². The van der Waals surface area contributed by atoms with E-state index in [1.165, 1.54) is 34.9 Å². The molecule has 0 aliphatic rings. The molecule has 1 nitrogen and oxygen atoms in total. The van der Waals surface area contributed by atoms with Gasteiger partial charge in [-0.2, -0.15) is 0 Å². The monoisotopic (exact) mass is 535 g/mol. The number of aryl methyl sites for hydroxylation is 1. The first-order chi connectivity index (χ1) is 18.2. The van der Waals surface area contributed by atoms with Crippen molar-refractivity contribution in [3.8, 4) is 9.75 Å². The molecule has 0 aliphatic heterocycles. The molecule has 0 aliphatic carbocycles. The van der Waals surface area contributed by atoms with Crippen molar-refractivity contribution in [2.75, 3.05) is 4.90 Å². The molecule has 3 aromatic carbocycles. The van der Waals surface area contributed by atoms with Crippen molar-refractivity contribution in [3.05, 3.63) is 137 Å². The Morgan fingerprint density at radius 3 is 1.68 bits per heavy atom. The molecule has 37 heavy (non-hydrogen) atoms. The molecule has 4 heteroatoms. The van der Waals surface area contributed by atoms with Crippen molar-refractivity contribution in [1.29, 1.82) is 0 Å². The van der Waals surface area contributed by atoms with Crippen LogP contribution in [0.2, 0.25) is 0 Å². The highest BCUT2D eigenvalue weighted by Gasteiger charge is 2.14. The number of hydrogen-bond acceptors (Lipinski definition) is 4. The van der Waals surface area contributed by atoms with E-state index >= 15 is 0 Å². The molecule has 0 fully saturated rings. The van der Waals surface area contributed by atoms with Gasteiger partial charge < -0.3 is 4.90 Å². The molecular formula is C33H29NS3. The smallest absolute Gasteiger partial charge is 0.0462 e. The molecule has 0 spiro atoms. The average molecular weight is 536 g/mol. The average Bonchev–Trinajstić information content (AvgIpc) is 3.61. The molecule has 0 unspecified atom stereocenters. The van der Waals surface area contributed by atoms with Crippen LogP contribution in [0.4, 0.5) is 17.1 Å². The van der Waals surface area contributed by atoms with Crippen LogP contribution in [0.3, 0.4) is 0 Å². The molecule has 0 atom stereocenters. The number of allylic oxidation sites excluding steroid dienone is 2. The van der Waals surface area contributed by atoms with Crippen molar-refractivity contribution in [1.82, 2.24) is 0 Å². The summed E-state index contributed by atoms with van der Waals surface area (Å²) in [5.41, 5.74) is 4.66. The fraction of sp³-hybridized carbons (Fsp3) is 0.0909. The van der Waals surface area contributed by atoms with E-state index in [1.807, 2.05) is 34.4 Å². The Morgan fingerprint density at radius 1 is 0.595 bits per heavy atom. The zero-order chi connectivity index (χ0) is 25.6. The van der Waals surface area contributed by atoms with E-state index in [2.05, 4.69) is 147 Å². The van der Waals surface area contributed by atoms with E-state index < -0.39 is 0 Å². The zero-order valence-electron chi connectivity index (χ0n) is 21.2. The first-order valence-corrected chi connectivity index (χ1v) is 14.8. The highest BCUT2D eigenvalue weighted by molar-refractivity contribution is 8.16. The summed E-state index contributed by atoms with van der Waals surface area (Å²) in [5.74, 6) is 0. The van der Waals surface area contributed by atoms with Gasteiger partial charge in [0.1, 0.15) is 0 Å². The standard InChI is InChI=1S/C33H29NS3/c1-4-29(36-30(5-2)31-22-23-33(37-31)32-21-16-24(3)35-32)25-17-19-28(20-18-25)34(26-12-8-6-9-13-26)27-14-10-7-11-15-27/h4-23H,1-3H3/b29-4-,30-5-. The van der Waals surface area contributed by atoms with Crippen LogP contribution in [-0.2, 0) is 0 Å². The molecule has 2 heterocycles. The van der Waals surface area contributed by atoms with Crippen LogP contribution in [-0.4, -0.2) is 0 Å². The largest absolute Gasteiger partial charge is 0.311 e. The lowest BCUT2D eigenvalue weighted by Gasteiger charge is -2.25. The topological polar surface area (TPSA) is 3.24 Å². The minimum Gasteiger partial charge on any atom is -0.311 e. The lowest BCUT2D eigenvalue weighted by Crippen LogP contribution is -2.09. The van der Waals surface area contributed by atoms with Gasteiger partial charge in [-0.25, -0.2) is 0 Å². The number of hydrogen-bond donors (Lipinski definition) is 0. The second-order valence-electron chi connectivity index (χ2n) is 8.54. The Labute approximate surface area is 232 Å². The maximum absolute atomic E-state index is 2.29. The normalized spacial score (nSPS) is 12.1. The number of thiophene rings is 2. The predicted octanol–water partition coefficient (Wildman–Crippen LogP) is 11.4. The van der Waals surface area contributed by atoms with E-state index in [9.17, 15) is 0 Å². The van der Waals surface area contributed by atoms with E-state index in [1.54, 1.807) is 0 Å². The number of benzene rings is 3. The summed E-state index contributed by atoms with van der Waals surface area (Å²) in [7, 11) is 0. The first kappa shape index (κ1) is 25.3. The summed E-state index contributed by atoms with van der Waals surface area (Å²) >= 11 is 5.57. The van der Waals surface area contributed by atoms with E-state index in [0.29, 0.717) is 0 Å². The lowest BCUT2D eigenvalue weighted by atomic mass is 10.1. The molecule has 0 saturated heterocycles. The van der Waals surface area contributed by atoms with Gasteiger partial charge in [0.2, 0.25) is 0 Å². The summed E-state index contributed by atoms with van der Waals surface area (Å²) in [5, 5.41) is 0. The van der Waals surface area contributed by atoms with Gasteiger partial charge >= 0.3 is 0 Å². The predicted molar refractivity (Wildman–Crippen MR) is 168 cm³/mol. The molecule has 0 saturated carbocycles. The van der Waals surface area contributed by atoms with Crippen molar-refractivity contribution in [3.63, 3.8) is 0 Å². The third-order valence-electron chi connectivity index (χ3n) is 6.02. The highest BCUT2D eigenvalue weighted by Crippen LogP contribution is 2.44. The van der Waals surface area contributed by atoms with Crippen LogP contribution in [0.1, 0.15) is 29.2 Å². The number of rotatable bonds is 8. The van der Waals surface area contributed by atoms with Crippen LogP contribution in [0.15, 0.2) is 121 Å². The Hall–Kier alpha value is -3.31. The van der Waals surface area contributed by atoms with E-state index in [4.69, 9.17) is 0 Å². The molecule has 5 aromatic rings. The second kappa shape index (κ2) is 11.8. The summed E-state index contributed by atoms with van der Waals surface area (Å²) in [6.07, 6.45) is 4.44. The quantitative estimate of drug-likeness (QED) is 0.194. The van der Waals surface area contributed by atoms with Gasteiger partial charge in [-0.3, -0.25) is 0 Å². The minimum absolute atomic E-state index is 1.14.